The van der Waals surface area contributed by atoms with Gasteiger partial charge in [0.25, 0.3) is 0 Å². The van der Waals surface area contributed by atoms with Crippen LogP contribution in [-0.4, -0.2) is 0 Å². The minimum absolute atomic E-state index is 1.05. The molecule has 12 heavy (non-hydrogen) atoms. The van der Waals surface area contributed by atoms with Gasteiger partial charge in [0.1, 0.15) is 0 Å². The average molecular weight is 162 g/mol. The third kappa shape index (κ3) is 2.51. The van der Waals surface area contributed by atoms with Crippen LogP contribution in [-0.2, 0) is 0 Å². The van der Waals surface area contributed by atoms with Crippen LogP contribution in [0.1, 0.15) is 52.4 Å². The van der Waals surface area contributed by atoms with Crippen molar-refractivity contribution < 1.29 is 0 Å². The molecule has 0 aliphatic heterocycles. The van der Waals surface area contributed by atoms with Crippen molar-refractivity contribution >= 4 is 0 Å². The summed E-state index contributed by atoms with van der Waals surface area (Å²) in [5.41, 5.74) is 2.90. The Balaban J connectivity index is 2.67. The maximum Gasteiger partial charge on any atom is -0.0685 e. The normalized spacial score (nSPS) is 25.2. The molecule has 0 heterocycles. The van der Waals surface area contributed by atoms with Crippen molar-refractivity contribution in [2.24, 2.45) is 0 Å². The van der Waals surface area contributed by atoms with Gasteiger partial charge in [-0.3, -0.25) is 0 Å². The first-order chi connectivity index (χ1) is 5.88. The van der Waals surface area contributed by atoms with E-state index in [4.69, 9.17) is 0 Å². The van der Waals surface area contributed by atoms with Gasteiger partial charge in [0.15, 0.2) is 0 Å². The second-order valence-electron chi connectivity index (χ2n) is 3.22. The Hall–Kier alpha value is -0.520. The van der Waals surface area contributed by atoms with E-state index in [1.54, 1.807) is 0 Å². The van der Waals surface area contributed by atoms with Gasteiger partial charge in [0, 0.05) is 0 Å². The highest BCUT2D eigenvalue weighted by molar-refractivity contribution is 5.28. The first kappa shape index (κ1) is 9.57. The highest BCUT2D eigenvalue weighted by atomic mass is 14.1. The third-order valence-electron chi connectivity index (χ3n) is 2.25. The molecule has 0 saturated heterocycles. The van der Waals surface area contributed by atoms with E-state index in [2.05, 4.69) is 26.0 Å². The second-order valence-corrected chi connectivity index (χ2v) is 3.22. The van der Waals surface area contributed by atoms with Crippen LogP contribution in [0, 0.1) is 12.2 Å². The Morgan fingerprint density at radius 2 is 1.33 bits per heavy atom. The average Bonchev–Trinajstić information content (AvgIpc) is 2.09. The van der Waals surface area contributed by atoms with Gasteiger partial charge in [-0.25, -0.2) is 0 Å². The fourth-order valence-electron chi connectivity index (χ4n) is 1.72. The molecule has 0 spiro atoms. The van der Waals surface area contributed by atoms with Gasteiger partial charge in [0.2, 0.25) is 0 Å². The van der Waals surface area contributed by atoms with Gasteiger partial charge in [-0.05, 0) is 0 Å². The van der Waals surface area contributed by atoms with Gasteiger partial charge in [-0.15, -0.1) is 25.7 Å². The zero-order valence-electron chi connectivity index (χ0n) is 8.24. The Bertz CT molecular complexity index is 162. The molecular weight excluding hydrogens is 144 g/mol. The molecule has 1 saturated carbocycles. The number of rotatable bonds is 2. The van der Waals surface area contributed by atoms with Crippen LogP contribution < -0.4 is 0 Å². The van der Waals surface area contributed by atoms with E-state index in [1.807, 2.05) is 0 Å². The zero-order valence-corrected chi connectivity index (χ0v) is 8.24. The highest BCUT2D eigenvalue weighted by Crippen LogP contribution is 2.28. The maximum atomic E-state index is 3.44. The van der Waals surface area contributed by atoms with E-state index in [9.17, 15) is 0 Å². The van der Waals surface area contributed by atoms with Gasteiger partial charge in [0.05, 0.1) is 0 Å². The summed E-state index contributed by atoms with van der Waals surface area (Å²) in [7, 11) is 0. The summed E-state index contributed by atoms with van der Waals surface area (Å²) in [6.07, 6.45) is 14.1. The summed E-state index contributed by atoms with van der Waals surface area (Å²) >= 11 is 0. The summed E-state index contributed by atoms with van der Waals surface area (Å²) in [6, 6.07) is 0. The van der Waals surface area contributed by atoms with E-state index < -0.39 is 0 Å². The molecule has 0 N–H and O–H groups in total. The van der Waals surface area contributed by atoms with Gasteiger partial charge in [-0.1, -0.05) is 26.7 Å². The van der Waals surface area contributed by atoms with Crippen LogP contribution in [0.3, 0.4) is 0 Å². The van der Waals surface area contributed by atoms with Crippen LogP contribution in [0.4, 0.5) is 0 Å². The minimum atomic E-state index is 1.05. The molecule has 0 atom stereocenters. The van der Waals surface area contributed by atoms with Gasteiger partial charge in [-0.2, -0.15) is 0 Å². The second kappa shape index (κ2) is 5.18. The van der Waals surface area contributed by atoms with E-state index >= 15 is 0 Å². The predicted molar refractivity (Wildman–Crippen MR) is 52.6 cm³/mol. The number of hydrogen-bond acceptors (Lipinski definition) is 0. The van der Waals surface area contributed by atoms with Crippen LogP contribution in [0.2, 0.25) is 0 Å². The quantitative estimate of drug-likeness (QED) is 0.541. The summed E-state index contributed by atoms with van der Waals surface area (Å²) in [6.45, 7) is 4.32. The maximum absolute atomic E-state index is 3.44. The zero-order chi connectivity index (χ0) is 8.81. The lowest BCUT2D eigenvalue weighted by Gasteiger charge is -2.38. The van der Waals surface area contributed by atoms with E-state index in [1.165, 1.54) is 36.8 Å². The minimum Gasteiger partial charge on any atom is -0.373 e. The van der Waals surface area contributed by atoms with Crippen LogP contribution >= 0.6 is 0 Å². The van der Waals surface area contributed by atoms with Crippen LogP contribution in [0.25, 0.3) is 0 Å². The lowest BCUT2D eigenvalue weighted by molar-refractivity contribution is 0.669. The van der Waals surface area contributed by atoms with Crippen molar-refractivity contribution in [3.8, 4) is 0 Å². The molecular formula is C12H18-2. The fraction of sp³-hybridized carbons (Fsp3) is 0.667. The fourth-order valence-corrected chi connectivity index (χ4v) is 1.72. The Labute approximate surface area is 76.4 Å². The summed E-state index contributed by atoms with van der Waals surface area (Å²) in [5.74, 6) is 0. The smallest absolute Gasteiger partial charge is 0.0685 e. The van der Waals surface area contributed by atoms with Crippen molar-refractivity contribution in [3.63, 3.8) is 0 Å². The van der Waals surface area contributed by atoms with Crippen molar-refractivity contribution in [1.29, 1.82) is 0 Å². The lowest BCUT2D eigenvalue weighted by atomic mass is 9.88. The molecule has 68 valence electrons. The molecule has 0 amide bonds. The third-order valence-corrected chi connectivity index (χ3v) is 2.25. The molecule has 1 aliphatic rings. The van der Waals surface area contributed by atoms with Crippen LogP contribution in [0.15, 0.2) is 11.1 Å². The molecule has 0 heteroatoms. The molecule has 1 fully saturated rings. The van der Waals surface area contributed by atoms with Crippen molar-refractivity contribution in [3.05, 3.63) is 23.3 Å². The standard InChI is InChI=1S/C12H18/c1-3-7-11-9-5-6-10-12(11)8-4-2/h3-6,9-10H2,1-2H3/q-2. The summed E-state index contributed by atoms with van der Waals surface area (Å²) in [4.78, 5) is 0. The first-order valence-electron chi connectivity index (χ1n) is 5.08. The number of allylic oxidation sites excluding steroid dienone is 4. The topological polar surface area (TPSA) is 0 Å². The van der Waals surface area contributed by atoms with Crippen molar-refractivity contribution in [2.75, 3.05) is 0 Å². The Kier molecular flexibility index (Phi) is 4.13. The molecule has 0 aromatic carbocycles. The SMILES string of the molecule is CC[C-]=C1CCCCC1=[C-]CC. The first-order valence-corrected chi connectivity index (χ1v) is 5.08. The summed E-state index contributed by atoms with van der Waals surface area (Å²) in [5, 5.41) is 0. The Morgan fingerprint density at radius 3 is 1.67 bits per heavy atom. The predicted octanol–water partition coefficient (Wildman–Crippen LogP) is 3.84. The molecule has 0 aromatic heterocycles. The van der Waals surface area contributed by atoms with Crippen molar-refractivity contribution in [2.45, 2.75) is 52.4 Å². The molecule has 0 nitrogen and oxygen atoms in total. The highest BCUT2D eigenvalue weighted by Gasteiger charge is 1.92. The molecule has 0 aromatic rings. The van der Waals surface area contributed by atoms with Gasteiger partial charge >= 0.3 is 0 Å². The van der Waals surface area contributed by atoms with Crippen molar-refractivity contribution in [1.82, 2.24) is 0 Å². The molecule has 1 aliphatic carbocycles. The largest absolute Gasteiger partial charge is 0.373 e. The Morgan fingerprint density at radius 1 is 0.917 bits per heavy atom. The van der Waals surface area contributed by atoms with Crippen LogP contribution in [0.5, 0.6) is 0 Å². The molecule has 0 unspecified atom stereocenters. The lowest BCUT2D eigenvalue weighted by Crippen LogP contribution is -1.99. The van der Waals surface area contributed by atoms with E-state index in [0.717, 1.165) is 12.8 Å². The van der Waals surface area contributed by atoms with E-state index in [-0.39, 0.29) is 0 Å². The monoisotopic (exact) mass is 162 g/mol. The van der Waals surface area contributed by atoms with E-state index in [0.29, 0.717) is 0 Å². The molecule has 0 bridgehead atoms. The number of hydrogen-bond donors (Lipinski definition) is 0. The van der Waals surface area contributed by atoms with Gasteiger partial charge < -0.3 is 23.3 Å². The molecule has 0 radical (unpaired) electrons. The molecule has 1 rings (SSSR count). The summed E-state index contributed by atoms with van der Waals surface area (Å²) < 4.78 is 0.